The minimum atomic E-state index is -2.61. The molecule has 1 heterocycles. The molecule has 1 saturated heterocycles. The van der Waals surface area contributed by atoms with Gasteiger partial charge < -0.3 is 41.1 Å². The molecule has 6 atom stereocenters. The molecule has 0 aromatic heterocycles. The molecule has 0 aliphatic carbocycles. The molecule has 10 heteroatoms. The number of unbranched alkanes of at least 4 members (excludes halogenated alkanes) is 1. The molecule has 9 N–H and O–H groups in total. The number of rotatable bonds is 8. The second kappa shape index (κ2) is 8.13. The second-order valence-electron chi connectivity index (χ2n) is 5.28. The van der Waals surface area contributed by atoms with Gasteiger partial charge in [-0.25, -0.2) is 0 Å². The van der Waals surface area contributed by atoms with Crippen molar-refractivity contribution < 1.29 is 40.2 Å². The van der Waals surface area contributed by atoms with Gasteiger partial charge in [0.25, 0.3) is 5.91 Å². The zero-order valence-electron chi connectivity index (χ0n) is 12.0. The Bertz CT molecular complexity index is 369. The number of hydrogen-bond acceptors (Lipinski definition) is 9. The summed E-state index contributed by atoms with van der Waals surface area (Å²) in [6, 6.07) is -1.27. The predicted octanol–water partition coefficient (Wildman–Crippen LogP) is -3.72. The first-order valence-corrected chi connectivity index (χ1v) is 7.02. The molecular formula is C12H24N2O8. The van der Waals surface area contributed by atoms with Crippen molar-refractivity contribution >= 4 is 5.97 Å². The van der Waals surface area contributed by atoms with Crippen LogP contribution in [0.2, 0.25) is 0 Å². The number of carboxylic acids is 1. The Morgan fingerprint density at radius 2 is 1.91 bits per heavy atom. The zero-order valence-corrected chi connectivity index (χ0v) is 12.0. The van der Waals surface area contributed by atoms with Gasteiger partial charge in [-0.15, -0.1) is 0 Å². The van der Waals surface area contributed by atoms with E-state index in [0.29, 0.717) is 19.4 Å². The number of aliphatic hydroxyl groups is 5. The normalized spacial score (nSPS) is 37.0. The number of aliphatic hydroxyl groups excluding tert-OH is 4. The Balaban J connectivity index is 2.82. The lowest BCUT2D eigenvalue weighted by atomic mass is 9.95. The second-order valence-corrected chi connectivity index (χ2v) is 5.28. The monoisotopic (exact) mass is 324 g/mol. The maximum atomic E-state index is 11.2. The van der Waals surface area contributed by atoms with E-state index in [1.54, 1.807) is 0 Å². The van der Waals surface area contributed by atoms with Crippen molar-refractivity contribution in [3.8, 4) is 0 Å². The van der Waals surface area contributed by atoms with E-state index in [0.717, 1.165) is 0 Å². The molecule has 6 unspecified atom stereocenters. The summed E-state index contributed by atoms with van der Waals surface area (Å²) in [6.07, 6.45) is -5.68. The quantitative estimate of drug-likeness (QED) is 0.163. The van der Waals surface area contributed by atoms with E-state index in [9.17, 15) is 25.2 Å². The molecule has 0 aromatic rings. The van der Waals surface area contributed by atoms with Crippen molar-refractivity contribution in [2.24, 2.45) is 5.73 Å². The lowest BCUT2D eigenvalue weighted by Crippen LogP contribution is -2.72. The number of nitrogens with two attached hydrogens (primary N) is 1. The van der Waals surface area contributed by atoms with Gasteiger partial charge in [0.1, 0.15) is 24.4 Å². The lowest BCUT2D eigenvalue weighted by Gasteiger charge is -2.46. The zero-order chi connectivity index (χ0) is 16.9. The molecule has 0 amide bonds. The molecule has 130 valence electrons. The molecule has 10 nitrogen and oxygen atoms in total. The Morgan fingerprint density at radius 3 is 2.41 bits per heavy atom. The van der Waals surface area contributed by atoms with Crippen molar-refractivity contribution in [3.63, 3.8) is 0 Å². The fourth-order valence-corrected chi connectivity index (χ4v) is 2.27. The smallest absolute Gasteiger partial charge is 0.320 e. The van der Waals surface area contributed by atoms with E-state index in [1.165, 1.54) is 0 Å². The molecule has 1 fully saturated rings. The molecule has 1 aliphatic heterocycles. The van der Waals surface area contributed by atoms with Gasteiger partial charge >= 0.3 is 5.97 Å². The van der Waals surface area contributed by atoms with Crippen LogP contribution in [0.15, 0.2) is 0 Å². The minimum absolute atomic E-state index is 0.105. The van der Waals surface area contributed by atoms with Crippen LogP contribution in [0.25, 0.3) is 0 Å². The largest absolute Gasteiger partial charge is 0.480 e. The van der Waals surface area contributed by atoms with Crippen molar-refractivity contribution in [1.29, 1.82) is 0 Å². The van der Waals surface area contributed by atoms with Crippen LogP contribution in [0.3, 0.4) is 0 Å². The number of carbonyl (C=O) groups is 1. The highest BCUT2D eigenvalue weighted by molar-refractivity contribution is 5.73. The first-order valence-electron chi connectivity index (χ1n) is 7.02. The molecule has 1 aliphatic rings. The van der Waals surface area contributed by atoms with Crippen molar-refractivity contribution in [1.82, 2.24) is 5.32 Å². The highest BCUT2D eigenvalue weighted by Crippen LogP contribution is 2.27. The molecule has 0 saturated carbocycles. The Morgan fingerprint density at radius 1 is 1.27 bits per heavy atom. The third kappa shape index (κ3) is 4.33. The number of hydrogen-bond donors (Lipinski definition) is 8. The van der Waals surface area contributed by atoms with E-state index in [-0.39, 0.29) is 6.42 Å². The molecule has 0 aromatic carbocycles. The highest BCUT2D eigenvalue weighted by atomic mass is 16.7. The van der Waals surface area contributed by atoms with Gasteiger partial charge in [0.15, 0.2) is 6.10 Å². The molecule has 22 heavy (non-hydrogen) atoms. The van der Waals surface area contributed by atoms with Crippen LogP contribution in [-0.2, 0) is 9.53 Å². The van der Waals surface area contributed by atoms with Gasteiger partial charge in [-0.1, -0.05) is 6.42 Å². The van der Waals surface area contributed by atoms with E-state index in [1.807, 2.05) is 0 Å². The summed E-state index contributed by atoms with van der Waals surface area (Å²) in [5.74, 6) is -3.90. The Kier molecular flexibility index (Phi) is 7.09. The number of nitrogens with one attached hydrogen (secondary N) is 1. The SMILES string of the molecule is NCCCCC(NC1(O)OC(CO)C(O)C(O)C1O)C(=O)O. The van der Waals surface area contributed by atoms with Crippen molar-refractivity contribution in [3.05, 3.63) is 0 Å². The van der Waals surface area contributed by atoms with Crippen LogP contribution >= 0.6 is 0 Å². The van der Waals surface area contributed by atoms with E-state index in [2.05, 4.69) is 5.32 Å². The number of aliphatic carboxylic acids is 1. The standard InChI is InChI=1S/C12H24N2O8/c13-4-2-1-3-6(11(19)20)14-12(21)10(18)9(17)8(16)7(5-15)22-12/h6-10,14-18,21H,1-5,13H2,(H,19,20). The number of ether oxygens (including phenoxy) is 1. The maximum Gasteiger partial charge on any atom is 0.320 e. The van der Waals surface area contributed by atoms with Gasteiger partial charge in [-0.3, -0.25) is 10.1 Å². The van der Waals surface area contributed by atoms with Gasteiger partial charge in [-0.2, -0.15) is 0 Å². The molecule has 0 radical (unpaired) electrons. The van der Waals surface area contributed by atoms with Gasteiger partial charge in [0.2, 0.25) is 0 Å². The fourth-order valence-electron chi connectivity index (χ4n) is 2.27. The third-order valence-electron chi connectivity index (χ3n) is 3.59. The molecular weight excluding hydrogens is 300 g/mol. The van der Waals surface area contributed by atoms with E-state index >= 15 is 0 Å². The summed E-state index contributed by atoms with van der Waals surface area (Å²) in [7, 11) is 0. The first-order chi connectivity index (χ1) is 10.3. The van der Waals surface area contributed by atoms with E-state index < -0.39 is 48.9 Å². The highest BCUT2D eigenvalue weighted by Gasteiger charge is 2.53. The van der Waals surface area contributed by atoms with Crippen LogP contribution in [0.1, 0.15) is 19.3 Å². The fraction of sp³-hybridized carbons (Fsp3) is 0.917. The van der Waals surface area contributed by atoms with Crippen LogP contribution in [0.5, 0.6) is 0 Å². The van der Waals surface area contributed by atoms with Crippen molar-refractivity contribution in [2.75, 3.05) is 13.2 Å². The van der Waals surface area contributed by atoms with E-state index in [4.69, 9.17) is 20.7 Å². The maximum absolute atomic E-state index is 11.2. The van der Waals surface area contributed by atoms with Crippen LogP contribution in [0.4, 0.5) is 0 Å². The lowest BCUT2D eigenvalue weighted by molar-refractivity contribution is -0.363. The minimum Gasteiger partial charge on any atom is -0.480 e. The summed E-state index contributed by atoms with van der Waals surface area (Å²) >= 11 is 0. The van der Waals surface area contributed by atoms with Gasteiger partial charge in [0, 0.05) is 0 Å². The Hall–Kier alpha value is -0.850. The summed E-state index contributed by atoms with van der Waals surface area (Å²) in [4.78, 5) is 11.2. The summed E-state index contributed by atoms with van der Waals surface area (Å²) in [6.45, 7) is -0.354. The predicted molar refractivity (Wildman–Crippen MR) is 72.4 cm³/mol. The topological polar surface area (TPSA) is 186 Å². The molecule has 1 rings (SSSR count). The van der Waals surface area contributed by atoms with Gasteiger partial charge in [-0.05, 0) is 19.4 Å². The average molecular weight is 324 g/mol. The van der Waals surface area contributed by atoms with Crippen LogP contribution < -0.4 is 11.1 Å². The van der Waals surface area contributed by atoms with Crippen LogP contribution in [-0.4, -0.2) is 86.1 Å². The molecule has 0 bridgehead atoms. The summed E-state index contributed by atoms with van der Waals surface area (Å²) in [5.41, 5.74) is 5.32. The third-order valence-corrected chi connectivity index (χ3v) is 3.59. The summed E-state index contributed by atoms with van der Waals surface area (Å²) in [5, 5.41) is 59.8. The first kappa shape index (κ1) is 19.2. The molecule has 0 spiro atoms. The summed E-state index contributed by atoms with van der Waals surface area (Å²) < 4.78 is 4.95. The van der Waals surface area contributed by atoms with Crippen LogP contribution in [0, 0.1) is 0 Å². The average Bonchev–Trinajstić information content (AvgIpc) is 2.48. The Labute approximate surface area is 127 Å². The van der Waals surface area contributed by atoms with Gasteiger partial charge in [0.05, 0.1) is 6.61 Å². The number of carboxylic acid groups (broad SMARTS) is 1. The van der Waals surface area contributed by atoms with Crippen molar-refractivity contribution in [2.45, 2.75) is 55.6 Å².